The summed E-state index contributed by atoms with van der Waals surface area (Å²) in [6.07, 6.45) is 21.9. The molecule has 0 spiro atoms. The van der Waals surface area contributed by atoms with Crippen LogP contribution in [0.2, 0.25) is 0 Å². The maximum atomic E-state index is 12.2. The second-order valence-corrected chi connectivity index (χ2v) is 10.2. The van der Waals surface area contributed by atoms with E-state index >= 15 is 0 Å². The van der Waals surface area contributed by atoms with Crippen LogP contribution in [0.3, 0.4) is 0 Å². The molecule has 0 amide bonds. The van der Waals surface area contributed by atoms with Crippen molar-refractivity contribution in [2.24, 2.45) is 5.41 Å². The molecule has 0 saturated carbocycles. The second-order valence-electron chi connectivity index (χ2n) is 10.2. The summed E-state index contributed by atoms with van der Waals surface area (Å²) >= 11 is 0. The van der Waals surface area contributed by atoms with Gasteiger partial charge >= 0.3 is 5.97 Å². The molecule has 0 aliphatic heterocycles. The minimum atomic E-state index is -0.327. The van der Waals surface area contributed by atoms with Crippen molar-refractivity contribution in [1.82, 2.24) is 4.98 Å². The Morgan fingerprint density at radius 2 is 1.79 bits per heavy atom. The topological polar surface area (TPSA) is 39.2 Å². The third-order valence-corrected chi connectivity index (χ3v) is 6.68. The molecule has 2 rings (SSSR count). The molecule has 0 bridgehead atoms. The summed E-state index contributed by atoms with van der Waals surface area (Å²) < 4.78 is 5.40. The van der Waals surface area contributed by atoms with Crippen LogP contribution in [0.5, 0.6) is 0 Å². The van der Waals surface area contributed by atoms with Gasteiger partial charge in [-0.25, -0.2) is 9.78 Å². The quantitative estimate of drug-likeness (QED) is 0.171. The van der Waals surface area contributed by atoms with Gasteiger partial charge in [0.15, 0.2) is 0 Å². The lowest BCUT2D eigenvalue weighted by atomic mass is 9.72. The number of esters is 1. The SMILES string of the molecule is CCCCCCCCCCOC(=O)c1ccc(/C=C(C)/C=C/C2=C(C)CCCC2(C)C)cn1. The normalized spacial score (nSPS) is 16.5. The lowest BCUT2D eigenvalue weighted by Gasteiger charge is -2.32. The van der Waals surface area contributed by atoms with E-state index in [1.807, 2.05) is 6.07 Å². The predicted octanol–water partition coefficient (Wildman–Crippen LogP) is 8.87. The predicted molar refractivity (Wildman–Crippen MR) is 140 cm³/mol. The summed E-state index contributed by atoms with van der Waals surface area (Å²) in [7, 11) is 0. The molecule has 0 aromatic carbocycles. The van der Waals surface area contributed by atoms with E-state index in [0.29, 0.717) is 12.3 Å². The molecule has 0 radical (unpaired) electrons. The third-order valence-electron chi connectivity index (χ3n) is 6.68. The van der Waals surface area contributed by atoms with E-state index in [4.69, 9.17) is 4.74 Å². The number of hydrogen-bond acceptors (Lipinski definition) is 3. The fraction of sp³-hybridized carbons (Fsp3) is 0.600. The molecule has 1 aliphatic rings. The Labute approximate surface area is 202 Å². The van der Waals surface area contributed by atoms with Crippen molar-refractivity contribution in [3.63, 3.8) is 0 Å². The third kappa shape index (κ3) is 9.70. The average molecular weight is 452 g/mol. The lowest BCUT2D eigenvalue weighted by molar-refractivity contribution is 0.0490. The number of hydrogen-bond donors (Lipinski definition) is 0. The van der Waals surface area contributed by atoms with Gasteiger partial charge < -0.3 is 4.74 Å². The maximum absolute atomic E-state index is 12.2. The van der Waals surface area contributed by atoms with Crippen molar-refractivity contribution >= 4 is 12.0 Å². The van der Waals surface area contributed by atoms with Gasteiger partial charge in [0.05, 0.1) is 6.61 Å². The molecule has 1 aromatic heterocycles. The highest BCUT2D eigenvalue weighted by molar-refractivity contribution is 5.87. The van der Waals surface area contributed by atoms with Crippen molar-refractivity contribution in [1.29, 1.82) is 0 Å². The first kappa shape index (κ1) is 27.1. The van der Waals surface area contributed by atoms with Crippen LogP contribution in [-0.4, -0.2) is 17.6 Å². The molecule has 3 nitrogen and oxygen atoms in total. The molecule has 0 atom stereocenters. The molecule has 33 heavy (non-hydrogen) atoms. The number of pyridine rings is 1. The highest BCUT2D eigenvalue weighted by Gasteiger charge is 2.26. The zero-order chi connectivity index (χ0) is 24.1. The van der Waals surface area contributed by atoms with Crippen molar-refractivity contribution in [2.45, 2.75) is 105 Å². The minimum Gasteiger partial charge on any atom is -0.461 e. The second kappa shape index (κ2) is 14.2. The summed E-state index contributed by atoms with van der Waals surface area (Å²) in [5.41, 5.74) is 5.76. The Morgan fingerprint density at radius 1 is 1.09 bits per heavy atom. The molecule has 182 valence electrons. The van der Waals surface area contributed by atoms with Crippen molar-refractivity contribution in [3.8, 4) is 0 Å². The van der Waals surface area contributed by atoms with E-state index in [0.717, 1.165) is 18.4 Å². The molecule has 0 saturated heterocycles. The van der Waals surface area contributed by atoms with Crippen LogP contribution in [0.1, 0.15) is 121 Å². The number of carbonyl (C=O) groups excluding carboxylic acids is 1. The molecular formula is C30H45NO2. The Kier molecular flexibility index (Phi) is 11.6. The van der Waals surface area contributed by atoms with Gasteiger partial charge in [-0.05, 0) is 62.1 Å². The van der Waals surface area contributed by atoms with Gasteiger partial charge in [-0.15, -0.1) is 0 Å². The van der Waals surface area contributed by atoms with E-state index in [9.17, 15) is 4.79 Å². The summed E-state index contributed by atoms with van der Waals surface area (Å²) in [6.45, 7) is 11.8. The molecule has 0 fully saturated rings. The molecular weight excluding hydrogens is 406 g/mol. The monoisotopic (exact) mass is 451 g/mol. The van der Waals surface area contributed by atoms with Gasteiger partial charge in [0.1, 0.15) is 5.69 Å². The largest absolute Gasteiger partial charge is 0.461 e. The van der Waals surface area contributed by atoms with Crippen LogP contribution in [0.15, 0.2) is 47.2 Å². The molecule has 0 N–H and O–H groups in total. The fourth-order valence-electron chi connectivity index (χ4n) is 4.62. The van der Waals surface area contributed by atoms with E-state index in [2.05, 4.69) is 57.8 Å². The molecule has 1 aliphatic carbocycles. The van der Waals surface area contributed by atoms with Crippen molar-refractivity contribution in [3.05, 3.63) is 58.5 Å². The van der Waals surface area contributed by atoms with Crippen LogP contribution >= 0.6 is 0 Å². The Balaban J connectivity index is 1.78. The molecule has 0 unspecified atom stereocenters. The highest BCUT2D eigenvalue weighted by atomic mass is 16.5. The van der Waals surface area contributed by atoms with Gasteiger partial charge in [0, 0.05) is 6.20 Å². The molecule has 1 heterocycles. The van der Waals surface area contributed by atoms with Gasteiger partial charge in [-0.2, -0.15) is 0 Å². The first-order valence-corrected chi connectivity index (χ1v) is 13.0. The van der Waals surface area contributed by atoms with E-state index in [-0.39, 0.29) is 11.4 Å². The number of carbonyl (C=O) groups is 1. The molecule has 3 heteroatoms. The zero-order valence-electron chi connectivity index (χ0n) is 21.7. The van der Waals surface area contributed by atoms with Crippen molar-refractivity contribution < 1.29 is 9.53 Å². The Morgan fingerprint density at radius 3 is 2.42 bits per heavy atom. The Bertz CT molecular complexity index is 827. The van der Waals surface area contributed by atoms with Crippen LogP contribution in [0.4, 0.5) is 0 Å². The first-order chi connectivity index (χ1) is 15.8. The molecule has 1 aromatic rings. The van der Waals surface area contributed by atoms with Gasteiger partial charge in [0.25, 0.3) is 0 Å². The van der Waals surface area contributed by atoms with Gasteiger partial charge in [-0.1, -0.05) is 101 Å². The number of rotatable bonds is 13. The fourth-order valence-corrected chi connectivity index (χ4v) is 4.62. The standard InChI is InChI=1S/C30H45NO2/c1-6-7-8-9-10-11-12-13-21-33-29(32)28-19-17-26(23-31-28)22-24(2)16-18-27-25(3)15-14-20-30(27,4)5/h16-19,22-23H,6-15,20-21H2,1-5H3/b18-16+,24-22+. The van der Waals surface area contributed by atoms with E-state index < -0.39 is 0 Å². The number of unbranched alkanes of at least 4 members (excludes halogenated alkanes) is 7. The van der Waals surface area contributed by atoms with Crippen LogP contribution in [0.25, 0.3) is 6.08 Å². The van der Waals surface area contributed by atoms with Crippen LogP contribution < -0.4 is 0 Å². The summed E-state index contributed by atoms with van der Waals surface area (Å²) in [6, 6.07) is 3.70. The first-order valence-electron chi connectivity index (χ1n) is 13.0. The lowest BCUT2D eigenvalue weighted by Crippen LogP contribution is -2.19. The summed E-state index contributed by atoms with van der Waals surface area (Å²) in [5, 5.41) is 0. The summed E-state index contributed by atoms with van der Waals surface area (Å²) in [5.74, 6) is -0.327. The smallest absolute Gasteiger partial charge is 0.356 e. The van der Waals surface area contributed by atoms with Gasteiger partial charge in [-0.3, -0.25) is 0 Å². The number of aromatic nitrogens is 1. The van der Waals surface area contributed by atoms with Crippen molar-refractivity contribution in [2.75, 3.05) is 6.61 Å². The highest BCUT2D eigenvalue weighted by Crippen LogP contribution is 2.40. The minimum absolute atomic E-state index is 0.247. The van der Waals surface area contributed by atoms with Crippen LogP contribution in [-0.2, 0) is 4.74 Å². The number of ether oxygens (including phenoxy) is 1. The van der Waals surface area contributed by atoms with Gasteiger partial charge in [0.2, 0.25) is 0 Å². The van der Waals surface area contributed by atoms with E-state index in [1.54, 1.807) is 12.3 Å². The maximum Gasteiger partial charge on any atom is 0.356 e. The Hall–Kier alpha value is -2.16. The number of nitrogens with zero attached hydrogens (tertiary/aromatic N) is 1. The zero-order valence-corrected chi connectivity index (χ0v) is 21.7. The average Bonchev–Trinajstić information content (AvgIpc) is 2.77. The van der Waals surface area contributed by atoms with Crippen LogP contribution in [0, 0.1) is 5.41 Å². The summed E-state index contributed by atoms with van der Waals surface area (Å²) in [4.78, 5) is 16.6. The number of allylic oxidation sites excluding steroid dienone is 5. The van der Waals surface area contributed by atoms with E-state index in [1.165, 1.54) is 74.5 Å².